The fourth-order valence-electron chi connectivity index (χ4n) is 3.23. The highest BCUT2D eigenvalue weighted by Gasteiger charge is 2.24. The molecular formula is C21H24ClN3O4S. The van der Waals surface area contributed by atoms with E-state index in [0.717, 1.165) is 15.4 Å². The van der Waals surface area contributed by atoms with Crippen molar-refractivity contribution < 1.29 is 18.0 Å². The summed E-state index contributed by atoms with van der Waals surface area (Å²) in [6, 6.07) is 12.0. The lowest BCUT2D eigenvalue weighted by Crippen LogP contribution is -2.39. The smallest absolute Gasteiger partial charge is 0.243 e. The molecule has 30 heavy (non-hydrogen) atoms. The number of halogens is 1. The molecule has 0 aliphatic carbocycles. The van der Waals surface area contributed by atoms with Gasteiger partial charge in [-0.1, -0.05) is 23.7 Å². The minimum atomic E-state index is -3.83. The second-order valence-electron chi connectivity index (χ2n) is 7.21. The molecule has 1 aliphatic rings. The summed E-state index contributed by atoms with van der Waals surface area (Å²) >= 11 is 5.85. The van der Waals surface area contributed by atoms with Crippen molar-refractivity contribution in [3.05, 3.63) is 58.6 Å². The Morgan fingerprint density at radius 1 is 1.17 bits per heavy atom. The van der Waals surface area contributed by atoms with Crippen LogP contribution < -0.4 is 10.6 Å². The highest BCUT2D eigenvalue weighted by atomic mass is 35.5. The molecule has 0 atom stereocenters. The van der Waals surface area contributed by atoms with Crippen LogP contribution in [0.15, 0.2) is 47.4 Å². The third-order valence-corrected chi connectivity index (χ3v) is 6.98. The third-order valence-electron chi connectivity index (χ3n) is 4.92. The van der Waals surface area contributed by atoms with Crippen LogP contribution in [0.2, 0.25) is 5.02 Å². The minimum absolute atomic E-state index is 0.0725. The average Bonchev–Trinajstić information content (AvgIpc) is 2.89. The van der Waals surface area contributed by atoms with Crippen molar-refractivity contribution in [2.24, 2.45) is 0 Å². The molecule has 3 rings (SSSR count). The predicted octanol–water partition coefficient (Wildman–Crippen LogP) is 2.59. The van der Waals surface area contributed by atoms with Gasteiger partial charge in [0.25, 0.3) is 0 Å². The summed E-state index contributed by atoms with van der Waals surface area (Å²) in [4.78, 5) is 24.0. The quantitative estimate of drug-likeness (QED) is 0.679. The fourth-order valence-corrected chi connectivity index (χ4v) is 4.54. The number of carbonyl (C=O) groups is 2. The first kappa shape index (κ1) is 22.3. The van der Waals surface area contributed by atoms with Crippen molar-refractivity contribution in [2.45, 2.75) is 30.6 Å². The predicted molar refractivity (Wildman–Crippen MR) is 116 cm³/mol. The van der Waals surface area contributed by atoms with E-state index >= 15 is 0 Å². The van der Waals surface area contributed by atoms with Gasteiger partial charge in [-0.25, -0.2) is 8.42 Å². The van der Waals surface area contributed by atoms with Gasteiger partial charge in [0, 0.05) is 30.7 Å². The molecular weight excluding hydrogens is 426 g/mol. The zero-order valence-electron chi connectivity index (χ0n) is 16.7. The second-order valence-corrected chi connectivity index (χ2v) is 9.69. The SMILES string of the molecule is CN(CC(=O)NCCc1ccc(Cl)cc1)S(=O)(=O)c1ccc2c(c1)CCCC(=O)N2. The summed E-state index contributed by atoms with van der Waals surface area (Å²) in [6.07, 6.45) is 2.31. The first-order valence-corrected chi connectivity index (χ1v) is 11.5. The number of hydrogen-bond donors (Lipinski definition) is 2. The molecule has 0 fully saturated rings. The van der Waals surface area contributed by atoms with Gasteiger partial charge in [-0.3, -0.25) is 9.59 Å². The topological polar surface area (TPSA) is 95.6 Å². The number of sulfonamides is 1. The maximum absolute atomic E-state index is 12.9. The molecule has 160 valence electrons. The van der Waals surface area contributed by atoms with Crippen LogP contribution >= 0.6 is 11.6 Å². The summed E-state index contributed by atoms with van der Waals surface area (Å²) in [5.41, 5.74) is 2.44. The Morgan fingerprint density at radius 2 is 1.90 bits per heavy atom. The van der Waals surface area contributed by atoms with Crippen LogP contribution in [0.5, 0.6) is 0 Å². The number of benzene rings is 2. The molecule has 0 saturated heterocycles. The molecule has 0 saturated carbocycles. The Balaban J connectivity index is 1.59. The first-order valence-electron chi connectivity index (χ1n) is 9.66. The van der Waals surface area contributed by atoms with E-state index in [1.165, 1.54) is 13.1 Å². The van der Waals surface area contributed by atoms with E-state index in [4.69, 9.17) is 11.6 Å². The van der Waals surface area contributed by atoms with Gasteiger partial charge in [-0.2, -0.15) is 4.31 Å². The number of rotatable bonds is 7. The zero-order valence-corrected chi connectivity index (χ0v) is 18.2. The molecule has 7 nitrogen and oxygen atoms in total. The maximum atomic E-state index is 12.9. The van der Waals surface area contributed by atoms with Crippen LogP contribution in [0.3, 0.4) is 0 Å². The van der Waals surface area contributed by atoms with E-state index in [9.17, 15) is 18.0 Å². The molecule has 2 aromatic rings. The molecule has 1 heterocycles. The highest BCUT2D eigenvalue weighted by Crippen LogP contribution is 2.26. The van der Waals surface area contributed by atoms with Crippen molar-refractivity contribution in [3.8, 4) is 0 Å². The normalized spacial score (nSPS) is 14.0. The number of nitrogens with one attached hydrogen (secondary N) is 2. The summed E-state index contributed by atoms with van der Waals surface area (Å²) in [5, 5.41) is 6.17. The van der Waals surface area contributed by atoms with Gasteiger partial charge >= 0.3 is 0 Å². The fraction of sp³-hybridized carbons (Fsp3) is 0.333. The Labute approximate surface area is 181 Å². The van der Waals surface area contributed by atoms with Crippen LogP contribution in [-0.2, 0) is 32.5 Å². The monoisotopic (exact) mass is 449 g/mol. The maximum Gasteiger partial charge on any atom is 0.243 e. The van der Waals surface area contributed by atoms with Crippen molar-refractivity contribution in [1.29, 1.82) is 0 Å². The lowest BCUT2D eigenvalue weighted by Gasteiger charge is -2.18. The molecule has 9 heteroatoms. The number of nitrogens with zero attached hydrogens (tertiary/aromatic N) is 1. The van der Waals surface area contributed by atoms with Gasteiger partial charge < -0.3 is 10.6 Å². The number of aryl methyl sites for hydroxylation is 1. The molecule has 0 bridgehead atoms. The lowest BCUT2D eigenvalue weighted by molar-refractivity contribution is -0.121. The molecule has 0 radical (unpaired) electrons. The number of amides is 2. The van der Waals surface area contributed by atoms with Crippen molar-refractivity contribution in [3.63, 3.8) is 0 Å². The van der Waals surface area contributed by atoms with Crippen LogP contribution in [0.4, 0.5) is 5.69 Å². The largest absolute Gasteiger partial charge is 0.355 e. The number of likely N-dealkylation sites (N-methyl/N-ethyl adjacent to an activating group) is 1. The van der Waals surface area contributed by atoms with Crippen LogP contribution in [-0.4, -0.2) is 44.7 Å². The van der Waals surface area contributed by atoms with Gasteiger partial charge in [0.05, 0.1) is 11.4 Å². The van der Waals surface area contributed by atoms with Gasteiger partial charge in [0.2, 0.25) is 21.8 Å². The molecule has 2 amide bonds. The number of carbonyl (C=O) groups excluding carboxylic acids is 2. The zero-order chi connectivity index (χ0) is 21.7. The van der Waals surface area contributed by atoms with E-state index in [1.807, 2.05) is 12.1 Å². The summed E-state index contributed by atoms with van der Waals surface area (Å²) < 4.78 is 26.8. The Morgan fingerprint density at radius 3 is 2.63 bits per heavy atom. The van der Waals surface area contributed by atoms with E-state index < -0.39 is 10.0 Å². The Bertz CT molecular complexity index is 1040. The minimum Gasteiger partial charge on any atom is -0.355 e. The van der Waals surface area contributed by atoms with Gasteiger partial charge in [0.15, 0.2) is 0 Å². The van der Waals surface area contributed by atoms with Crippen molar-refractivity contribution in [2.75, 3.05) is 25.5 Å². The van der Waals surface area contributed by atoms with Crippen LogP contribution in [0.25, 0.3) is 0 Å². The molecule has 0 spiro atoms. The van der Waals surface area contributed by atoms with E-state index in [-0.39, 0.29) is 23.3 Å². The summed E-state index contributed by atoms with van der Waals surface area (Å²) in [5.74, 6) is -0.450. The van der Waals surface area contributed by atoms with Gasteiger partial charge in [0.1, 0.15) is 0 Å². The number of anilines is 1. The van der Waals surface area contributed by atoms with E-state index in [2.05, 4.69) is 10.6 Å². The molecule has 2 aromatic carbocycles. The Hall–Kier alpha value is -2.42. The lowest BCUT2D eigenvalue weighted by atomic mass is 10.1. The third kappa shape index (κ3) is 5.59. The van der Waals surface area contributed by atoms with Crippen molar-refractivity contribution in [1.82, 2.24) is 9.62 Å². The van der Waals surface area contributed by atoms with Gasteiger partial charge in [-0.05, 0) is 60.7 Å². The van der Waals surface area contributed by atoms with Gasteiger partial charge in [-0.15, -0.1) is 0 Å². The van der Waals surface area contributed by atoms with Crippen LogP contribution in [0, 0.1) is 0 Å². The second kappa shape index (κ2) is 9.59. The van der Waals surface area contributed by atoms with Crippen LogP contribution in [0.1, 0.15) is 24.0 Å². The molecule has 0 aromatic heterocycles. The Kier molecular flexibility index (Phi) is 7.12. The van der Waals surface area contributed by atoms with E-state index in [1.54, 1.807) is 24.3 Å². The van der Waals surface area contributed by atoms with E-state index in [0.29, 0.717) is 42.9 Å². The molecule has 2 N–H and O–H groups in total. The molecule has 1 aliphatic heterocycles. The summed E-state index contributed by atoms with van der Waals surface area (Å²) in [7, 11) is -2.45. The van der Waals surface area contributed by atoms with Crippen molar-refractivity contribution >= 4 is 39.1 Å². The standard InChI is InChI=1S/C21H24ClN3O4S/c1-25(14-21(27)23-12-11-15-5-7-17(22)8-6-15)30(28,29)18-9-10-19-16(13-18)3-2-4-20(26)24-19/h5-10,13H,2-4,11-12,14H2,1H3,(H,23,27)(H,24,26). The molecule has 0 unspecified atom stereocenters. The number of hydrogen-bond acceptors (Lipinski definition) is 4. The summed E-state index contributed by atoms with van der Waals surface area (Å²) in [6.45, 7) is 0.115. The first-order chi connectivity index (χ1) is 14.3. The number of fused-ring (bicyclic) bond motifs is 1. The highest BCUT2D eigenvalue weighted by molar-refractivity contribution is 7.89. The average molecular weight is 450 g/mol.